The zero-order valence-corrected chi connectivity index (χ0v) is 11.6. The second-order valence-corrected chi connectivity index (χ2v) is 5.19. The van der Waals surface area contributed by atoms with Crippen LogP contribution in [0.5, 0.6) is 5.75 Å². The van der Waals surface area contributed by atoms with Gasteiger partial charge in [0.2, 0.25) is 0 Å². The van der Waals surface area contributed by atoms with Gasteiger partial charge in [-0.05, 0) is 35.1 Å². The maximum Gasteiger partial charge on any atom is 0.122 e. The fraction of sp³-hybridized carbons (Fsp3) is 0.462. The Morgan fingerprint density at radius 2 is 1.59 bits per heavy atom. The Balaban J connectivity index is 3.42. The van der Waals surface area contributed by atoms with Gasteiger partial charge in [-0.2, -0.15) is 0 Å². The molecule has 0 aliphatic heterocycles. The second-order valence-electron chi connectivity index (χ2n) is 4.79. The lowest BCUT2D eigenvalue weighted by molar-refractivity contribution is 0.454. The molecule has 0 saturated carbocycles. The first-order valence-corrected chi connectivity index (χ1v) is 6.17. The van der Waals surface area contributed by atoms with Gasteiger partial charge < -0.3 is 10.5 Å². The van der Waals surface area contributed by atoms with E-state index in [1.165, 1.54) is 0 Å². The van der Waals surface area contributed by atoms with E-state index in [1.54, 1.807) is 0 Å². The first-order valence-electron chi connectivity index (χ1n) is 5.76. The minimum Gasteiger partial charge on any atom is -0.507 e. The molecule has 0 fully saturated rings. The van der Waals surface area contributed by atoms with Crippen LogP contribution in [0.1, 0.15) is 56.2 Å². The average Bonchev–Trinajstić information content (AvgIpc) is 2.27. The van der Waals surface area contributed by atoms with Gasteiger partial charge in [0, 0.05) is 5.56 Å². The topological polar surface area (TPSA) is 58.3 Å². The van der Waals surface area contributed by atoms with Crippen molar-refractivity contribution in [2.45, 2.75) is 39.5 Å². The Kier molecular flexibility index (Phi) is 4.48. The number of rotatable bonds is 3. The first-order chi connectivity index (χ1) is 7.88. The third-order valence-corrected chi connectivity index (χ3v) is 3.16. The fourth-order valence-electron chi connectivity index (χ4n) is 1.77. The predicted octanol–water partition coefficient (Wildman–Crippen LogP) is 2.78. The molecule has 0 spiro atoms. The lowest BCUT2D eigenvalue weighted by Gasteiger charge is -2.17. The molecule has 0 radical (unpaired) electrons. The highest BCUT2D eigenvalue weighted by atomic mass is 32.1. The summed E-state index contributed by atoms with van der Waals surface area (Å²) in [4.78, 5) is 0.494. The third kappa shape index (κ3) is 2.96. The molecule has 94 valence electrons. The number of phenolic OH excluding ortho intramolecular Hbond substituents is 1. The zero-order valence-electron chi connectivity index (χ0n) is 10.7. The van der Waals surface area contributed by atoms with Crippen LogP contribution < -0.4 is 11.3 Å². The number of hydrogen-bond donors (Lipinski definition) is 3. The standard InChI is InChI=1S/C13H20N2OS/c1-7(2)10-5-9(13(17)15-14)6-11(8(3)4)12(10)16/h5-8,16H,14H2,1-4H3,(H,15,17). The van der Waals surface area contributed by atoms with Gasteiger partial charge in [0.1, 0.15) is 10.7 Å². The molecule has 1 aromatic carbocycles. The van der Waals surface area contributed by atoms with Crippen molar-refractivity contribution in [2.75, 3.05) is 0 Å². The van der Waals surface area contributed by atoms with E-state index in [2.05, 4.69) is 5.43 Å². The van der Waals surface area contributed by atoms with Crippen LogP contribution in [0, 0.1) is 0 Å². The van der Waals surface area contributed by atoms with Gasteiger partial charge in [-0.1, -0.05) is 39.9 Å². The van der Waals surface area contributed by atoms with E-state index in [0.717, 1.165) is 16.7 Å². The molecule has 0 aliphatic carbocycles. The van der Waals surface area contributed by atoms with Crippen LogP contribution in [0.25, 0.3) is 0 Å². The van der Waals surface area contributed by atoms with Gasteiger partial charge in [-0.25, -0.2) is 5.84 Å². The van der Waals surface area contributed by atoms with Crippen LogP contribution in [-0.2, 0) is 0 Å². The van der Waals surface area contributed by atoms with Crippen molar-refractivity contribution in [3.63, 3.8) is 0 Å². The number of aromatic hydroxyl groups is 1. The molecule has 0 amide bonds. The van der Waals surface area contributed by atoms with E-state index in [-0.39, 0.29) is 11.8 Å². The molecule has 0 unspecified atom stereocenters. The molecule has 0 aliphatic rings. The Labute approximate surface area is 108 Å². The van der Waals surface area contributed by atoms with Gasteiger partial charge in [0.25, 0.3) is 0 Å². The number of nitrogens with one attached hydrogen (secondary N) is 1. The van der Waals surface area contributed by atoms with Crippen LogP contribution in [0.15, 0.2) is 12.1 Å². The van der Waals surface area contributed by atoms with E-state index in [9.17, 15) is 5.11 Å². The molecule has 0 bridgehead atoms. The number of phenols is 1. The SMILES string of the molecule is CC(C)c1cc(C(=S)NN)cc(C(C)C)c1O. The molecule has 1 aromatic rings. The summed E-state index contributed by atoms with van der Waals surface area (Å²) in [6.45, 7) is 8.17. The lowest BCUT2D eigenvalue weighted by Crippen LogP contribution is -2.29. The maximum absolute atomic E-state index is 10.2. The van der Waals surface area contributed by atoms with Crippen molar-refractivity contribution in [1.29, 1.82) is 0 Å². The van der Waals surface area contributed by atoms with E-state index < -0.39 is 0 Å². The van der Waals surface area contributed by atoms with Crippen LogP contribution in [0.3, 0.4) is 0 Å². The summed E-state index contributed by atoms with van der Waals surface area (Å²) < 4.78 is 0. The van der Waals surface area contributed by atoms with Gasteiger partial charge in [-0.3, -0.25) is 0 Å². The quantitative estimate of drug-likeness (QED) is 0.440. The summed E-state index contributed by atoms with van der Waals surface area (Å²) >= 11 is 5.14. The van der Waals surface area contributed by atoms with Gasteiger partial charge >= 0.3 is 0 Å². The van der Waals surface area contributed by atoms with Crippen molar-refractivity contribution >= 4 is 17.2 Å². The number of hydrogen-bond acceptors (Lipinski definition) is 3. The largest absolute Gasteiger partial charge is 0.507 e. The summed E-state index contributed by atoms with van der Waals surface area (Å²) in [7, 11) is 0. The van der Waals surface area contributed by atoms with Gasteiger partial charge in [0.05, 0.1) is 0 Å². The highest BCUT2D eigenvalue weighted by molar-refractivity contribution is 7.80. The molecule has 1 rings (SSSR count). The molecule has 0 aromatic heterocycles. The number of hydrazine groups is 1. The molecule has 0 atom stereocenters. The summed E-state index contributed by atoms with van der Waals surface area (Å²) in [5.74, 6) is 6.20. The minimum atomic E-state index is 0.244. The molecule has 4 N–H and O–H groups in total. The molecule has 4 heteroatoms. The Bertz CT molecular complexity index is 398. The van der Waals surface area contributed by atoms with Crippen LogP contribution >= 0.6 is 12.2 Å². The van der Waals surface area contributed by atoms with Crippen LogP contribution in [-0.4, -0.2) is 10.1 Å². The number of benzene rings is 1. The van der Waals surface area contributed by atoms with Crippen molar-refractivity contribution in [1.82, 2.24) is 5.43 Å². The van der Waals surface area contributed by atoms with Crippen molar-refractivity contribution in [3.8, 4) is 5.75 Å². The second kappa shape index (κ2) is 5.47. The van der Waals surface area contributed by atoms with E-state index >= 15 is 0 Å². The minimum absolute atomic E-state index is 0.244. The fourth-order valence-corrected chi connectivity index (χ4v) is 1.89. The Morgan fingerprint density at radius 1 is 1.18 bits per heavy atom. The molecule has 0 heterocycles. The number of thiocarbonyl (C=S) groups is 1. The van der Waals surface area contributed by atoms with E-state index in [0.29, 0.717) is 10.7 Å². The average molecular weight is 252 g/mol. The van der Waals surface area contributed by atoms with E-state index in [1.807, 2.05) is 39.8 Å². The molecular formula is C13H20N2OS. The number of nitrogens with two attached hydrogens (primary N) is 1. The highest BCUT2D eigenvalue weighted by Gasteiger charge is 2.16. The van der Waals surface area contributed by atoms with E-state index in [4.69, 9.17) is 18.1 Å². The van der Waals surface area contributed by atoms with Gasteiger partial charge in [0.15, 0.2) is 0 Å². The summed E-state index contributed by atoms with van der Waals surface area (Å²) in [6, 6.07) is 3.79. The summed E-state index contributed by atoms with van der Waals surface area (Å²) in [6.07, 6.45) is 0. The van der Waals surface area contributed by atoms with Crippen molar-refractivity contribution < 1.29 is 5.11 Å². The van der Waals surface area contributed by atoms with Crippen molar-refractivity contribution in [2.24, 2.45) is 5.84 Å². The molecule has 17 heavy (non-hydrogen) atoms. The van der Waals surface area contributed by atoms with Crippen molar-refractivity contribution in [3.05, 3.63) is 28.8 Å². The smallest absolute Gasteiger partial charge is 0.122 e. The van der Waals surface area contributed by atoms with Crippen LogP contribution in [0.2, 0.25) is 0 Å². The maximum atomic E-state index is 10.2. The normalized spacial score (nSPS) is 11.0. The summed E-state index contributed by atoms with van der Waals surface area (Å²) in [5, 5.41) is 10.2. The zero-order chi connectivity index (χ0) is 13.2. The van der Waals surface area contributed by atoms with Gasteiger partial charge in [-0.15, -0.1) is 0 Å². The molecular weight excluding hydrogens is 232 g/mol. The lowest BCUT2D eigenvalue weighted by atomic mass is 9.91. The predicted molar refractivity (Wildman–Crippen MR) is 75.3 cm³/mol. The monoisotopic (exact) mass is 252 g/mol. The Hall–Kier alpha value is -1.13. The third-order valence-electron chi connectivity index (χ3n) is 2.81. The molecule has 3 nitrogen and oxygen atoms in total. The first kappa shape index (κ1) is 13.9. The summed E-state index contributed by atoms with van der Waals surface area (Å²) in [5.41, 5.74) is 5.15. The highest BCUT2D eigenvalue weighted by Crippen LogP contribution is 2.34. The van der Waals surface area contributed by atoms with Crippen LogP contribution in [0.4, 0.5) is 0 Å². The Morgan fingerprint density at radius 3 is 1.88 bits per heavy atom. The molecule has 0 saturated heterocycles.